The Bertz CT molecular complexity index is 272. The second kappa shape index (κ2) is 8.79. The lowest BCUT2D eigenvalue weighted by Crippen LogP contribution is -2.27. The predicted molar refractivity (Wildman–Crippen MR) is 67.5 cm³/mol. The minimum Gasteiger partial charge on any atom is -0.466 e. The zero-order chi connectivity index (χ0) is 13.3. The van der Waals surface area contributed by atoms with Gasteiger partial charge in [0.15, 0.2) is 0 Å². The van der Waals surface area contributed by atoms with Crippen molar-refractivity contribution < 1.29 is 14.3 Å². The van der Waals surface area contributed by atoms with Crippen LogP contribution in [0.1, 0.15) is 40.0 Å². The largest absolute Gasteiger partial charge is 0.466 e. The average molecular weight is 241 g/mol. The number of esters is 1. The lowest BCUT2D eigenvalue weighted by Gasteiger charge is -2.09. The van der Waals surface area contributed by atoms with Gasteiger partial charge in [0.05, 0.1) is 6.61 Å². The van der Waals surface area contributed by atoms with Crippen molar-refractivity contribution in [1.82, 2.24) is 5.32 Å². The maximum absolute atomic E-state index is 11.3. The van der Waals surface area contributed by atoms with E-state index >= 15 is 0 Å². The van der Waals surface area contributed by atoms with Crippen LogP contribution >= 0.6 is 0 Å². The monoisotopic (exact) mass is 241 g/mol. The fraction of sp³-hybridized carbons (Fsp3) is 0.692. The molecule has 4 heteroatoms. The van der Waals surface area contributed by atoms with Gasteiger partial charge in [0, 0.05) is 6.54 Å². The molecule has 0 aliphatic rings. The third kappa shape index (κ3) is 9.60. The van der Waals surface area contributed by atoms with Gasteiger partial charge in [-0.05, 0) is 25.7 Å². The SMILES string of the molecule is C=C(CCNC(=O)CC(=O)OCC)CC(C)C. The maximum Gasteiger partial charge on any atom is 0.315 e. The minimum atomic E-state index is -0.481. The van der Waals surface area contributed by atoms with Crippen molar-refractivity contribution in [1.29, 1.82) is 0 Å². The van der Waals surface area contributed by atoms with E-state index in [1.54, 1.807) is 6.92 Å². The van der Waals surface area contributed by atoms with Gasteiger partial charge in [-0.1, -0.05) is 26.0 Å². The second-order valence-corrected chi connectivity index (χ2v) is 4.43. The molecule has 0 atom stereocenters. The molecule has 17 heavy (non-hydrogen) atoms. The molecule has 0 rings (SSSR count). The molecule has 0 heterocycles. The molecule has 0 bridgehead atoms. The Morgan fingerprint density at radius 1 is 1.35 bits per heavy atom. The van der Waals surface area contributed by atoms with E-state index in [-0.39, 0.29) is 12.3 Å². The van der Waals surface area contributed by atoms with Gasteiger partial charge in [-0.2, -0.15) is 0 Å². The summed E-state index contributed by atoms with van der Waals surface area (Å²) in [6.45, 7) is 10.7. The fourth-order valence-corrected chi connectivity index (χ4v) is 1.46. The van der Waals surface area contributed by atoms with Crippen LogP contribution in [0.25, 0.3) is 0 Å². The molecular weight excluding hydrogens is 218 g/mol. The van der Waals surface area contributed by atoms with Gasteiger partial charge >= 0.3 is 5.97 Å². The number of amides is 1. The first kappa shape index (κ1) is 15.7. The summed E-state index contributed by atoms with van der Waals surface area (Å²) in [7, 11) is 0. The van der Waals surface area contributed by atoms with E-state index in [0.717, 1.165) is 18.4 Å². The molecule has 0 aromatic carbocycles. The molecule has 0 saturated heterocycles. The highest BCUT2D eigenvalue weighted by Crippen LogP contribution is 2.10. The summed E-state index contributed by atoms with van der Waals surface area (Å²) in [4.78, 5) is 22.3. The normalized spacial score (nSPS) is 10.1. The van der Waals surface area contributed by atoms with E-state index in [2.05, 4.69) is 30.5 Å². The van der Waals surface area contributed by atoms with Crippen molar-refractivity contribution in [3.05, 3.63) is 12.2 Å². The van der Waals surface area contributed by atoms with Crippen molar-refractivity contribution in [2.75, 3.05) is 13.2 Å². The number of nitrogens with one attached hydrogen (secondary N) is 1. The fourth-order valence-electron chi connectivity index (χ4n) is 1.46. The second-order valence-electron chi connectivity index (χ2n) is 4.43. The molecule has 98 valence electrons. The van der Waals surface area contributed by atoms with Gasteiger partial charge in [0.25, 0.3) is 0 Å². The van der Waals surface area contributed by atoms with Gasteiger partial charge in [0.1, 0.15) is 6.42 Å². The zero-order valence-corrected chi connectivity index (χ0v) is 11.0. The van der Waals surface area contributed by atoms with Gasteiger partial charge < -0.3 is 10.1 Å². The van der Waals surface area contributed by atoms with Gasteiger partial charge in [0.2, 0.25) is 5.91 Å². The molecule has 0 unspecified atom stereocenters. The van der Waals surface area contributed by atoms with Crippen LogP contribution in [0.4, 0.5) is 0 Å². The molecule has 0 aliphatic carbocycles. The molecule has 0 aliphatic heterocycles. The summed E-state index contributed by atoms with van der Waals surface area (Å²) in [5.41, 5.74) is 1.12. The lowest BCUT2D eigenvalue weighted by molar-refractivity contribution is -0.145. The molecule has 0 radical (unpaired) electrons. The molecule has 0 aromatic rings. The highest BCUT2D eigenvalue weighted by Gasteiger charge is 2.09. The molecule has 0 fully saturated rings. The molecule has 0 saturated carbocycles. The molecule has 1 N–H and O–H groups in total. The summed E-state index contributed by atoms with van der Waals surface area (Å²) < 4.78 is 4.68. The molecule has 0 aromatic heterocycles. The van der Waals surface area contributed by atoms with E-state index in [1.165, 1.54) is 0 Å². The molecule has 0 spiro atoms. The van der Waals surface area contributed by atoms with E-state index in [0.29, 0.717) is 19.1 Å². The highest BCUT2D eigenvalue weighted by atomic mass is 16.5. The number of hydrogen-bond donors (Lipinski definition) is 1. The summed E-state index contributed by atoms with van der Waals surface area (Å²) in [6.07, 6.45) is 1.52. The van der Waals surface area contributed by atoms with Crippen LogP contribution in [0.3, 0.4) is 0 Å². The Morgan fingerprint density at radius 2 is 2.00 bits per heavy atom. The minimum absolute atomic E-state index is 0.204. The van der Waals surface area contributed by atoms with Gasteiger partial charge in [-0.15, -0.1) is 0 Å². The van der Waals surface area contributed by atoms with E-state index in [9.17, 15) is 9.59 Å². The quantitative estimate of drug-likeness (QED) is 0.402. The molecule has 4 nitrogen and oxygen atoms in total. The predicted octanol–water partition coefficient (Wildman–Crippen LogP) is 2.05. The number of rotatable bonds is 8. The Labute approximate surface area is 103 Å². The van der Waals surface area contributed by atoms with Crippen LogP contribution in [0, 0.1) is 5.92 Å². The molecule has 1 amide bonds. The number of ether oxygens (including phenoxy) is 1. The summed E-state index contributed by atoms with van der Waals surface area (Å²) >= 11 is 0. The number of carbonyl (C=O) groups is 2. The van der Waals surface area contributed by atoms with Crippen molar-refractivity contribution in [3.8, 4) is 0 Å². The highest BCUT2D eigenvalue weighted by molar-refractivity contribution is 5.94. The number of hydrogen-bond acceptors (Lipinski definition) is 3. The first-order chi connectivity index (χ1) is 7.95. The van der Waals surface area contributed by atoms with Crippen LogP contribution in [-0.4, -0.2) is 25.0 Å². The van der Waals surface area contributed by atoms with Gasteiger partial charge in [-0.3, -0.25) is 9.59 Å². The van der Waals surface area contributed by atoms with Crippen molar-refractivity contribution in [3.63, 3.8) is 0 Å². The summed E-state index contributed by atoms with van der Waals surface area (Å²) in [6, 6.07) is 0. The summed E-state index contributed by atoms with van der Waals surface area (Å²) in [5.74, 6) is -0.190. The Morgan fingerprint density at radius 3 is 2.53 bits per heavy atom. The summed E-state index contributed by atoms with van der Waals surface area (Å²) in [5, 5.41) is 2.68. The Kier molecular flexibility index (Phi) is 8.11. The Hall–Kier alpha value is -1.32. The van der Waals surface area contributed by atoms with Gasteiger partial charge in [-0.25, -0.2) is 0 Å². The lowest BCUT2D eigenvalue weighted by atomic mass is 10.0. The first-order valence-corrected chi connectivity index (χ1v) is 6.04. The van der Waals surface area contributed by atoms with E-state index in [1.807, 2.05) is 0 Å². The molecular formula is C13H23NO3. The van der Waals surface area contributed by atoms with Crippen LogP contribution in [0.2, 0.25) is 0 Å². The van der Waals surface area contributed by atoms with E-state index in [4.69, 9.17) is 0 Å². The van der Waals surface area contributed by atoms with Crippen LogP contribution < -0.4 is 5.32 Å². The number of carbonyl (C=O) groups excluding carboxylic acids is 2. The van der Waals surface area contributed by atoms with Crippen molar-refractivity contribution in [2.24, 2.45) is 5.92 Å². The van der Waals surface area contributed by atoms with Crippen LogP contribution in [0.15, 0.2) is 12.2 Å². The third-order valence-electron chi connectivity index (χ3n) is 2.11. The van der Waals surface area contributed by atoms with Crippen molar-refractivity contribution >= 4 is 11.9 Å². The van der Waals surface area contributed by atoms with Crippen LogP contribution in [-0.2, 0) is 14.3 Å². The topological polar surface area (TPSA) is 55.4 Å². The zero-order valence-electron chi connectivity index (χ0n) is 11.0. The standard InChI is InChI=1S/C13H23NO3/c1-5-17-13(16)9-12(15)14-7-6-11(4)8-10(2)3/h10H,4-9H2,1-3H3,(H,14,15). The average Bonchev–Trinajstić information content (AvgIpc) is 2.16. The maximum atomic E-state index is 11.3. The Balaban J connectivity index is 3.64. The third-order valence-corrected chi connectivity index (χ3v) is 2.11. The smallest absolute Gasteiger partial charge is 0.315 e. The van der Waals surface area contributed by atoms with E-state index < -0.39 is 5.97 Å². The van der Waals surface area contributed by atoms with Crippen LogP contribution in [0.5, 0.6) is 0 Å². The van der Waals surface area contributed by atoms with Crippen molar-refractivity contribution in [2.45, 2.75) is 40.0 Å². The first-order valence-electron chi connectivity index (χ1n) is 6.04.